The first-order valence-electron chi connectivity index (χ1n) is 11.5. The Morgan fingerprint density at radius 2 is 1.43 bits per heavy atom. The summed E-state index contributed by atoms with van der Waals surface area (Å²) in [6.45, 7) is 2.24. The van der Waals surface area contributed by atoms with Crippen LogP contribution in [0.4, 0.5) is 13.2 Å². The lowest BCUT2D eigenvalue weighted by atomic mass is 9.77. The average Bonchev–Trinajstić information content (AvgIpc) is 2.73. The Labute approximate surface area is 178 Å². The summed E-state index contributed by atoms with van der Waals surface area (Å²) in [7, 11) is 0. The van der Waals surface area contributed by atoms with Crippen LogP contribution in [0.5, 0.6) is 0 Å². The van der Waals surface area contributed by atoms with Gasteiger partial charge in [0.05, 0.1) is 6.42 Å². The van der Waals surface area contributed by atoms with Crippen molar-refractivity contribution in [3.05, 3.63) is 35.4 Å². The van der Waals surface area contributed by atoms with Crippen molar-refractivity contribution >= 4 is 11.6 Å². The molecule has 1 aliphatic rings. The Hall–Kier alpha value is -1.65. The van der Waals surface area contributed by atoms with Crippen LogP contribution >= 0.6 is 0 Å². The molecular weight excluding hydrogens is 389 g/mol. The number of alkyl halides is 3. The first-order chi connectivity index (χ1) is 14.3. The van der Waals surface area contributed by atoms with E-state index in [-0.39, 0.29) is 5.56 Å². The molecule has 1 aliphatic carbocycles. The Bertz CT molecular complexity index is 656. The van der Waals surface area contributed by atoms with Crippen LogP contribution in [-0.4, -0.2) is 17.7 Å². The van der Waals surface area contributed by atoms with Crippen LogP contribution < -0.4 is 0 Å². The van der Waals surface area contributed by atoms with E-state index in [2.05, 4.69) is 6.92 Å². The topological polar surface area (TPSA) is 34.1 Å². The Morgan fingerprint density at radius 1 is 0.867 bits per heavy atom. The largest absolute Gasteiger partial charge is 0.450 e. The minimum atomic E-state index is -4.96. The maximum absolute atomic E-state index is 12.3. The van der Waals surface area contributed by atoms with E-state index in [1.165, 1.54) is 64.2 Å². The number of ketones is 2. The summed E-state index contributed by atoms with van der Waals surface area (Å²) in [4.78, 5) is 22.9. The minimum absolute atomic E-state index is 0.170. The molecule has 0 saturated heterocycles. The van der Waals surface area contributed by atoms with Gasteiger partial charge in [0.2, 0.25) is 5.78 Å². The number of benzene rings is 1. The SMILES string of the molecule is CCCCCCCCCC1CCC(c2ccc(C(=O)CC(=O)C(F)(F)F)cc2)CC1. The maximum Gasteiger partial charge on any atom is 0.450 e. The third-order valence-corrected chi connectivity index (χ3v) is 6.40. The zero-order valence-corrected chi connectivity index (χ0v) is 18.1. The van der Waals surface area contributed by atoms with E-state index < -0.39 is 24.2 Å². The molecule has 0 spiro atoms. The molecule has 0 aliphatic heterocycles. The molecular formula is C25H35F3O2. The van der Waals surface area contributed by atoms with Crippen LogP contribution in [0.25, 0.3) is 0 Å². The number of carbonyl (C=O) groups excluding carboxylic acids is 2. The zero-order valence-electron chi connectivity index (χ0n) is 18.1. The van der Waals surface area contributed by atoms with Crippen molar-refractivity contribution in [3.63, 3.8) is 0 Å². The molecule has 1 aromatic rings. The van der Waals surface area contributed by atoms with Gasteiger partial charge in [-0.15, -0.1) is 0 Å². The lowest BCUT2D eigenvalue weighted by Crippen LogP contribution is -2.25. The molecule has 0 amide bonds. The van der Waals surface area contributed by atoms with E-state index >= 15 is 0 Å². The number of rotatable bonds is 12. The second-order valence-corrected chi connectivity index (χ2v) is 8.77. The monoisotopic (exact) mass is 424 g/mol. The standard InChI is InChI=1S/C25H35F3O2/c1-2-3-4-5-6-7-8-9-19-10-12-20(13-11-19)21-14-16-22(17-15-21)23(29)18-24(30)25(26,27)28/h14-17,19-20H,2-13,18H2,1H3. The summed E-state index contributed by atoms with van der Waals surface area (Å²) in [5.74, 6) is -1.50. The molecule has 1 saturated carbocycles. The highest BCUT2D eigenvalue weighted by Crippen LogP contribution is 2.38. The van der Waals surface area contributed by atoms with Gasteiger partial charge in [0.15, 0.2) is 5.78 Å². The number of unbranched alkanes of at least 4 members (excludes halogenated alkanes) is 6. The van der Waals surface area contributed by atoms with Gasteiger partial charge in [-0.05, 0) is 43.1 Å². The fraction of sp³-hybridized carbons (Fsp3) is 0.680. The third-order valence-electron chi connectivity index (χ3n) is 6.40. The molecule has 2 rings (SSSR count). The summed E-state index contributed by atoms with van der Waals surface area (Å²) < 4.78 is 37.0. The summed E-state index contributed by atoms with van der Waals surface area (Å²) in [6.07, 6.45) is 9.35. The molecule has 0 N–H and O–H groups in total. The molecule has 1 aromatic carbocycles. The van der Waals surface area contributed by atoms with Crippen molar-refractivity contribution in [2.75, 3.05) is 0 Å². The molecule has 168 valence electrons. The van der Waals surface area contributed by atoms with Gasteiger partial charge in [-0.1, -0.05) is 82.6 Å². The Balaban J connectivity index is 1.70. The van der Waals surface area contributed by atoms with E-state index in [4.69, 9.17) is 0 Å². The fourth-order valence-corrected chi connectivity index (χ4v) is 4.46. The van der Waals surface area contributed by atoms with E-state index in [0.717, 1.165) is 24.3 Å². The highest BCUT2D eigenvalue weighted by Gasteiger charge is 2.39. The first-order valence-corrected chi connectivity index (χ1v) is 11.5. The lowest BCUT2D eigenvalue weighted by Gasteiger charge is -2.29. The van der Waals surface area contributed by atoms with Crippen molar-refractivity contribution in [2.45, 2.75) is 102 Å². The highest BCUT2D eigenvalue weighted by molar-refractivity contribution is 6.09. The van der Waals surface area contributed by atoms with Gasteiger partial charge in [-0.25, -0.2) is 0 Å². The molecule has 0 unspecified atom stereocenters. The molecule has 0 radical (unpaired) electrons. The van der Waals surface area contributed by atoms with Gasteiger partial charge >= 0.3 is 6.18 Å². The zero-order chi connectivity index (χ0) is 22.0. The Kier molecular flexibility index (Phi) is 10.1. The van der Waals surface area contributed by atoms with E-state index in [1.807, 2.05) is 12.1 Å². The summed E-state index contributed by atoms with van der Waals surface area (Å²) in [5.41, 5.74) is 1.31. The predicted octanol–water partition coefficient (Wildman–Crippen LogP) is 7.81. The van der Waals surface area contributed by atoms with Crippen LogP contribution in [-0.2, 0) is 4.79 Å². The van der Waals surface area contributed by atoms with Gasteiger partial charge in [-0.3, -0.25) is 9.59 Å². The molecule has 2 nitrogen and oxygen atoms in total. The van der Waals surface area contributed by atoms with Crippen molar-refractivity contribution in [1.29, 1.82) is 0 Å². The second-order valence-electron chi connectivity index (χ2n) is 8.77. The second kappa shape index (κ2) is 12.3. The van der Waals surface area contributed by atoms with Crippen molar-refractivity contribution in [3.8, 4) is 0 Å². The number of halogens is 3. The van der Waals surface area contributed by atoms with Gasteiger partial charge in [-0.2, -0.15) is 13.2 Å². The Morgan fingerprint density at radius 3 is 2.00 bits per heavy atom. The van der Waals surface area contributed by atoms with Crippen LogP contribution in [0.3, 0.4) is 0 Å². The van der Waals surface area contributed by atoms with Crippen molar-refractivity contribution in [1.82, 2.24) is 0 Å². The molecule has 5 heteroatoms. The lowest BCUT2D eigenvalue weighted by molar-refractivity contribution is -0.170. The van der Waals surface area contributed by atoms with Crippen LogP contribution in [0.15, 0.2) is 24.3 Å². The van der Waals surface area contributed by atoms with Gasteiger partial charge < -0.3 is 0 Å². The summed E-state index contributed by atoms with van der Waals surface area (Å²) in [6, 6.07) is 6.80. The highest BCUT2D eigenvalue weighted by atomic mass is 19.4. The quantitative estimate of drug-likeness (QED) is 0.195. The number of hydrogen-bond donors (Lipinski definition) is 0. The molecule has 0 heterocycles. The van der Waals surface area contributed by atoms with Gasteiger partial charge in [0.25, 0.3) is 0 Å². The fourth-order valence-electron chi connectivity index (χ4n) is 4.46. The average molecular weight is 425 g/mol. The summed E-state index contributed by atoms with van der Waals surface area (Å²) >= 11 is 0. The maximum atomic E-state index is 12.3. The number of carbonyl (C=O) groups is 2. The molecule has 1 fully saturated rings. The normalized spacial score (nSPS) is 19.6. The number of Topliss-reactive ketones (excluding diaryl/α,β-unsaturated/α-hetero) is 2. The number of hydrogen-bond acceptors (Lipinski definition) is 2. The van der Waals surface area contributed by atoms with Crippen LogP contribution in [0.2, 0.25) is 0 Å². The van der Waals surface area contributed by atoms with E-state index in [0.29, 0.717) is 5.92 Å². The molecule has 30 heavy (non-hydrogen) atoms. The molecule has 0 bridgehead atoms. The van der Waals surface area contributed by atoms with Gasteiger partial charge in [0.1, 0.15) is 0 Å². The smallest absolute Gasteiger partial charge is 0.294 e. The molecule has 0 aromatic heterocycles. The van der Waals surface area contributed by atoms with E-state index in [1.54, 1.807) is 12.1 Å². The van der Waals surface area contributed by atoms with Crippen molar-refractivity contribution in [2.24, 2.45) is 5.92 Å². The summed E-state index contributed by atoms with van der Waals surface area (Å²) in [5, 5.41) is 0. The molecule has 0 atom stereocenters. The first kappa shape index (κ1) is 24.6. The van der Waals surface area contributed by atoms with Crippen LogP contribution in [0, 0.1) is 5.92 Å². The van der Waals surface area contributed by atoms with Crippen LogP contribution in [0.1, 0.15) is 112 Å². The van der Waals surface area contributed by atoms with E-state index in [9.17, 15) is 22.8 Å². The van der Waals surface area contributed by atoms with Crippen molar-refractivity contribution < 1.29 is 22.8 Å². The third kappa shape index (κ3) is 8.23. The predicted molar refractivity (Wildman–Crippen MR) is 114 cm³/mol. The van der Waals surface area contributed by atoms with Gasteiger partial charge in [0, 0.05) is 5.56 Å². The minimum Gasteiger partial charge on any atom is -0.294 e.